The van der Waals surface area contributed by atoms with Crippen molar-refractivity contribution in [1.29, 1.82) is 0 Å². The van der Waals surface area contributed by atoms with Crippen molar-refractivity contribution in [3.63, 3.8) is 0 Å². The molecule has 5 heteroatoms. The van der Waals surface area contributed by atoms with Crippen LogP contribution in [-0.2, 0) is 0 Å². The lowest BCUT2D eigenvalue weighted by atomic mass is 9.45. The molecule has 0 saturated heterocycles. The van der Waals surface area contributed by atoms with E-state index in [0.29, 0.717) is 11.8 Å². The Balaban J connectivity index is 1.32. The summed E-state index contributed by atoms with van der Waals surface area (Å²) >= 11 is 0. The van der Waals surface area contributed by atoms with E-state index < -0.39 is 7.12 Å². The van der Waals surface area contributed by atoms with Crippen molar-refractivity contribution in [2.45, 2.75) is 64.6 Å². The van der Waals surface area contributed by atoms with Crippen LogP contribution in [0.25, 0.3) is 16.7 Å². The summed E-state index contributed by atoms with van der Waals surface area (Å²) in [4.78, 5) is 4.67. The maximum absolute atomic E-state index is 9.75. The van der Waals surface area contributed by atoms with Crippen molar-refractivity contribution >= 4 is 23.8 Å². The van der Waals surface area contributed by atoms with E-state index >= 15 is 0 Å². The minimum Gasteiger partial charge on any atom is -0.427 e. The lowest BCUT2D eigenvalue weighted by Gasteiger charge is -2.58. The molecular formula is C26H33BN2O2. The molecule has 0 bridgehead atoms. The number of nitrogens with zero attached hydrogens (tertiary/aromatic N) is 2. The molecule has 31 heavy (non-hydrogen) atoms. The Morgan fingerprint density at radius 2 is 1.81 bits per heavy atom. The Morgan fingerprint density at radius 1 is 1.00 bits per heavy atom. The van der Waals surface area contributed by atoms with Crippen LogP contribution in [0.4, 0.5) is 0 Å². The molecule has 0 aliphatic heterocycles. The number of allylic oxidation sites excluding steroid dienone is 4. The quantitative estimate of drug-likeness (QED) is 0.517. The number of fused-ring (bicyclic) bond motifs is 6. The van der Waals surface area contributed by atoms with Crippen molar-refractivity contribution in [3.05, 3.63) is 48.3 Å². The molecule has 2 N–H and O–H groups in total. The van der Waals surface area contributed by atoms with Crippen LogP contribution in [0.15, 0.2) is 48.3 Å². The van der Waals surface area contributed by atoms with Gasteiger partial charge in [-0.2, -0.15) is 0 Å². The van der Waals surface area contributed by atoms with E-state index in [0.717, 1.165) is 43.5 Å². The predicted molar refractivity (Wildman–Crippen MR) is 125 cm³/mol. The second-order valence-electron chi connectivity index (χ2n) is 11.1. The summed E-state index contributed by atoms with van der Waals surface area (Å²) in [5.41, 5.74) is 5.69. The fourth-order valence-electron chi connectivity index (χ4n) is 8.01. The first-order valence-electron chi connectivity index (χ1n) is 12.1. The minimum absolute atomic E-state index is 0.0130. The zero-order valence-corrected chi connectivity index (χ0v) is 18.7. The Morgan fingerprint density at radius 3 is 2.65 bits per heavy atom. The van der Waals surface area contributed by atoms with Gasteiger partial charge in [0, 0.05) is 11.1 Å². The molecule has 4 nitrogen and oxygen atoms in total. The molecule has 4 aliphatic carbocycles. The van der Waals surface area contributed by atoms with Crippen molar-refractivity contribution < 1.29 is 10.0 Å². The molecule has 0 amide bonds. The van der Waals surface area contributed by atoms with Gasteiger partial charge in [-0.25, -0.2) is 4.98 Å². The van der Waals surface area contributed by atoms with E-state index in [1.165, 1.54) is 29.6 Å². The second kappa shape index (κ2) is 6.82. The Labute approximate surface area is 185 Å². The first-order valence-corrected chi connectivity index (χ1v) is 12.1. The van der Waals surface area contributed by atoms with Crippen molar-refractivity contribution in [2.75, 3.05) is 0 Å². The number of hydrogen-bond donors (Lipinski definition) is 2. The SMILES string of the molecule is CC12CCC(B(O)O)CC1=CCC1C2CCC2(C)C(n3cnc4ccccc43)=CCC12. The van der Waals surface area contributed by atoms with Gasteiger partial charge in [-0.3, -0.25) is 0 Å². The average molecular weight is 416 g/mol. The van der Waals surface area contributed by atoms with Crippen molar-refractivity contribution in [3.8, 4) is 0 Å². The number of benzene rings is 1. The van der Waals surface area contributed by atoms with Crippen molar-refractivity contribution in [1.82, 2.24) is 9.55 Å². The summed E-state index contributed by atoms with van der Waals surface area (Å²) in [7, 11) is -1.18. The maximum Gasteiger partial charge on any atom is 0.455 e. The highest BCUT2D eigenvalue weighted by molar-refractivity contribution is 6.43. The summed E-state index contributed by atoms with van der Waals surface area (Å²) in [5, 5.41) is 19.5. The number of hydrogen-bond acceptors (Lipinski definition) is 3. The molecule has 1 aromatic carbocycles. The summed E-state index contributed by atoms with van der Waals surface area (Å²) in [5.74, 6) is 2.12. The van der Waals surface area contributed by atoms with Gasteiger partial charge in [0.15, 0.2) is 0 Å². The molecule has 6 unspecified atom stereocenters. The Bertz CT molecular complexity index is 1090. The number of rotatable bonds is 2. The molecule has 6 rings (SSSR count). The third kappa shape index (κ3) is 2.72. The van der Waals surface area contributed by atoms with Gasteiger partial charge in [0.2, 0.25) is 0 Å². The highest BCUT2D eigenvalue weighted by atomic mass is 16.4. The van der Waals surface area contributed by atoms with Crippen LogP contribution in [0.5, 0.6) is 0 Å². The summed E-state index contributed by atoms with van der Waals surface area (Å²) in [6.07, 6.45) is 14.7. The molecule has 1 heterocycles. The van der Waals surface area contributed by atoms with Gasteiger partial charge in [-0.05, 0) is 79.6 Å². The molecule has 2 saturated carbocycles. The van der Waals surface area contributed by atoms with E-state index in [1.807, 2.05) is 6.33 Å². The van der Waals surface area contributed by atoms with Crippen molar-refractivity contribution in [2.24, 2.45) is 28.6 Å². The van der Waals surface area contributed by atoms with E-state index in [9.17, 15) is 10.0 Å². The molecule has 1 aromatic heterocycles. The van der Waals surface area contributed by atoms with Crippen LogP contribution in [-0.4, -0.2) is 26.7 Å². The van der Waals surface area contributed by atoms with Crippen LogP contribution in [0.1, 0.15) is 58.8 Å². The van der Waals surface area contributed by atoms with E-state index in [2.05, 4.69) is 59.8 Å². The second-order valence-corrected chi connectivity index (χ2v) is 11.1. The number of imidazole rings is 1. The maximum atomic E-state index is 9.75. The fourth-order valence-corrected chi connectivity index (χ4v) is 8.01. The monoisotopic (exact) mass is 416 g/mol. The summed E-state index contributed by atoms with van der Waals surface area (Å²) in [6.45, 7) is 4.98. The molecule has 162 valence electrons. The molecule has 0 spiro atoms. The van der Waals surface area contributed by atoms with E-state index in [-0.39, 0.29) is 16.6 Å². The summed E-state index contributed by atoms with van der Waals surface area (Å²) in [6, 6.07) is 8.47. The lowest BCUT2D eigenvalue weighted by Crippen LogP contribution is -2.50. The first kappa shape index (κ1) is 19.8. The topological polar surface area (TPSA) is 58.3 Å². The van der Waals surface area contributed by atoms with Gasteiger partial charge in [0.1, 0.15) is 6.33 Å². The fraction of sp³-hybridized carbons (Fsp3) is 0.577. The van der Waals surface area contributed by atoms with Gasteiger partial charge in [-0.1, -0.05) is 50.1 Å². The van der Waals surface area contributed by atoms with Crippen LogP contribution < -0.4 is 0 Å². The van der Waals surface area contributed by atoms with Gasteiger partial charge >= 0.3 is 7.12 Å². The van der Waals surface area contributed by atoms with Crippen LogP contribution in [0.2, 0.25) is 5.82 Å². The van der Waals surface area contributed by atoms with Gasteiger partial charge in [0.05, 0.1) is 11.0 Å². The van der Waals surface area contributed by atoms with E-state index in [1.54, 1.807) is 0 Å². The largest absolute Gasteiger partial charge is 0.455 e. The molecule has 2 fully saturated rings. The normalized spacial score (nSPS) is 39.4. The highest BCUT2D eigenvalue weighted by Gasteiger charge is 2.57. The molecule has 0 radical (unpaired) electrons. The van der Waals surface area contributed by atoms with E-state index in [4.69, 9.17) is 0 Å². The Kier molecular flexibility index (Phi) is 4.36. The van der Waals surface area contributed by atoms with Crippen LogP contribution >= 0.6 is 0 Å². The molecule has 4 aliphatic rings. The Hall–Kier alpha value is -1.85. The third-order valence-electron chi connectivity index (χ3n) is 9.82. The molecule has 2 aromatic rings. The highest BCUT2D eigenvalue weighted by Crippen LogP contribution is 2.66. The smallest absolute Gasteiger partial charge is 0.427 e. The van der Waals surface area contributed by atoms with Crippen LogP contribution in [0.3, 0.4) is 0 Å². The number of aromatic nitrogens is 2. The lowest BCUT2D eigenvalue weighted by molar-refractivity contribution is -0.0118. The summed E-state index contributed by atoms with van der Waals surface area (Å²) < 4.78 is 2.36. The molecule has 6 atom stereocenters. The van der Waals surface area contributed by atoms with Gasteiger partial charge in [0.25, 0.3) is 0 Å². The zero-order valence-electron chi connectivity index (χ0n) is 18.7. The third-order valence-corrected chi connectivity index (χ3v) is 9.82. The first-order chi connectivity index (χ1) is 14.9. The van der Waals surface area contributed by atoms with Gasteiger partial charge in [-0.15, -0.1) is 0 Å². The minimum atomic E-state index is -1.18. The molecular weight excluding hydrogens is 383 g/mol. The van der Waals surface area contributed by atoms with Gasteiger partial charge < -0.3 is 14.6 Å². The average Bonchev–Trinajstić information content (AvgIpc) is 3.33. The zero-order chi connectivity index (χ0) is 21.4. The standard InChI is InChI=1S/C26H33BN2O2/c1-25-13-11-18(27(30)31)15-17(25)7-8-19-20-9-10-24(26(20,2)14-12-21(19)25)29-16-28-22-5-3-4-6-23(22)29/h3-7,10,16,18-21,30-31H,8-9,11-15H2,1-2H3. The van der Waals surface area contributed by atoms with Crippen LogP contribution in [0, 0.1) is 28.6 Å². The predicted octanol–water partition coefficient (Wildman–Crippen LogP) is 5.29. The number of para-hydroxylation sites is 2.